The van der Waals surface area contributed by atoms with Crippen molar-refractivity contribution in [1.29, 1.82) is 0 Å². The van der Waals surface area contributed by atoms with Crippen molar-refractivity contribution in [1.82, 2.24) is 19.9 Å². The van der Waals surface area contributed by atoms with Crippen LogP contribution in [0.15, 0.2) is 189 Å². The molecule has 0 unspecified atom stereocenters. The van der Waals surface area contributed by atoms with Gasteiger partial charge in [0.1, 0.15) is 0 Å². The minimum atomic E-state index is -1.77. The molecule has 0 radical (unpaired) electrons. The van der Waals surface area contributed by atoms with E-state index in [-0.39, 0.29) is 5.56 Å². The van der Waals surface area contributed by atoms with Gasteiger partial charge in [-0.2, -0.15) is 0 Å². The standard InChI is InChI=1S/C47H34N4O4/c52-45(53)38-18-2-1-15-35(38)32-29-33(36-16-3-5-19-39(36)46(54,41-21-7-11-25-48-41)42-22-8-12-26-49-42)31-34(30-32)37-17-4-6-20-40(37)47(55,43-23-9-13-27-50-43)44-24-10-14-28-51-44/h1-31,54-55H,(H,52,53). The van der Waals surface area contributed by atoms with E-state index in [1.54, 1.807) is 97.6 Å². The van der Waals surface area contributed by atoms with Crippen LogP contribution in [0.3, 0.4) is 0 Å². The molecule has 8 heteroatoms. The van der Waals surface area contributed by atoms with E-state index in [2.05, 4.69) is 19.9 Å². The maximum Gasteiger partial charge on any atom is 0.336 e. The third-order valence-corrected chi connectivity index (χ3v) is 9.80. The average molecular weight is 719 g/mol. The predicted molar refractivity (Wildman–Crippen MR) is 211 cm³/mol. The second kappa shape index (κ2) is 14.7. The number of hydrogen-bond acceptors (Lipinski definition) is 7. The number of aromatic nitrogens is 4. The van der Waals surface area contributed by atoms with Crippen LogP contribution in [0.4, 0.5) is 0 Å². The minimum Gasteiger partial charge on any atom is -0.478 e. The zero-order valence-electron chi connectivity index (χ0n) is 29.4. The molecule has 55 heavy (non-hydrogen) atoms. The van der Waals surface area contributed by atoms with Crippen molar-refractivity contribution in [3.63, 3.8) is 0 Å². The van der Waals surface area contributed by atoms with E-state index in [0.29, 0.717) is 67.3 Å². The van der Waals surface area contributed by atoms with E-state index in [1.165, 1.54) is 0 Å². The molecule has 3 N–H and O–H groups in total. The summed E-state index contributed by atoms with van der Waals surface area (Å²) in [6.07, 6.45) is 6.53. The Bertz CT molecular complexity index is 2370. The van der Waals surface area contributed by atoms with Gasteiger partial charge >= 0.3 is 5.97 Å². The first-order valence-corrected chi connectivity index (χ1v) is 17.7. The lowest BCUT2D eigenvalue weighted by molar-refractivity contribution is 0.0697. The van der Waals surface area contributed by atoms with Crippen LogP contribution in [0, 0.1) is 0 Å². The monoisotopic (exact) mass is 718 g/mol. The van der Waals surface area contributed by atoms with E-state index >= 15 is 0 Å². The lowest BCUT2D eigenvalue weighted by Crippen LogP contribution is -2.32. The summed E-state index contributed by atoms with van der Waals surface area (Å²) in [5.41, 5.74) is 2.98. The van der Waals surface area contributed by atoms with Crippen molar-refractivity contribution < 1.29 is 20.1 Å². The number of carboxylic acid groups (broad SMARTS) is 1. The first-order valence-electron chi connectivity index (χ1n) is 17.7. The summed E-state index contributed by atoms with van der Waals surface area (Å²) in [5, 5.41) is 36.1. The third-order valence-electron chi connectivity index (χ3n) is 9.80. The van der Waals surface area contributed by atoms with Crippen molar-refractivity contribution in [2.75, 3.05) is 0 Å². The average Bonchev–Trinajstić information content (AvgIpc) is 3.27. The highest BCUT2D eigenvalue weighted by Crippen LogP contribution is 2.45. The Kier molecular flexibility index (Phi) is 9.34. The normalized spacial score (nSPS) is 11.6. The van der Waals surface area contributed by atoms with Gasteiger partial charge in [0, 0.05) is 35.9 Å². The molecule has 4 aromatic heterocycles. The van der Waals surface area contributed by atoms with Crippen LogP contribution in [-0.2, 0) is 11.2 Å². The van der Waals surface area contributed by atoms with E-state index in [9.17, 15) is 20.1 Å². The molecule has 0 saturated carbocycles. The number of aromatic carboxylic acids is 1. The van der Waals surface area contributed by atoms with Crippen molar-refractivity contribution in [3.05, 3.63) is 228 Å². The van der Waals surface area contributed by atoms with Gasteiger partial charge in [-0.05, 0) is 106 Å². The predicted octanol–water partition coefficient (Wildman–Crippen LogP) is 8.53. The summed E-state index contributed by atoms with van der Waals surface area (Å²) >= 11 is 0. The number of carbonyl (C=O) groups is 1. The number of hydrogen-bond donors (Lipinski definition) is 3. The number of pyridine rings is 4. The van der Waals surface area contributed by atoms with Crippen LogP contribution in [0.1, 0.15) is 44.3 Å². The van der Waals surface area contributed by atoms with Crippen molar-refractivity contribution in [2.24, 2.45) is 0 Å². The Morgan fingerprint density at radius 2 is 0.709 bits per heavy atom. The Morgan fingerprint density at radius 1 is 0.400 bits per heavy atom. The fraction of sp³-hybridized carbons (Fsp3) is 0.0426. The molecule has 0 spiro atoms. The Morgan fingerprint density at radius 3 is 1.05 bits per heavy atom. The van der Waals surface area contributed by atoms with Crippen molar-refractivity contribution in [2.45, 2.75) is 11.2 Å². The fourth-order valence-electron chi connectivity index (χ4n) is 7.24. The molecular formula is C47H34N4O4. The van der Waals surface area contributed by atoms with Gasteiger partial charge < -0.3 is 15.3 Å². The highest BCUT2D eigenvalue weighted by molar-refractivity contribution is 5.97. The van der Waals surface area contributed by atoms with Gasteiger partial charge in [0.15, 0.2) is 11.2 Å². The molecule has 0 aliphatic rings. The van der Waals surface area contributed by atoms with Crippen molar-refractivity contribution >= 4 is 5.97 Å². The maximum absolute atomic E-state index is 12.9. The smallest absolute Gasteiger partial charge is 0.336 e. The molecule has 8 nitrogen and oxygen atoms in total. The van der Waals surface area contributed by atoms with Gasteiger partial charge in [0.25, 0.3) is 0 Å². The van der Waals surface area contributed by atoms with Crippen LogP contribution in [0.5, 0.6) is 0 Å². The molecule has 0 fully saturated rings. The molecule has 0 aliphatic carbocycles. The number of rotatable bonds is 10. The first kappa shape index (κ1) is 34.9. The summed E-state index contributed by atoms with van der Waals surface area (Å²) in [6, 6.07) is 49.2. The molecule has 0 aliphatic heterocycles. The summed E-state index contributed by atoms with van der Waals surface area (Å²) in [7, 11) is 0. The molecule has 0 atom stereocenters. The minimum absolute atomic E-state index is 0.129. The summed E-state index contributed by atoms with van der Waals surface area (Å²) < 4.78 is 0. The van der Waals surface area contributed by atoms with Crippen LogP contribution in [0.25, 0.3) is 33.4 Å². The lowest BCUT2D eigenvalue weighted by Gasteiger charge is -2.31. The molecule has 0 amide bonds. The van der Waals surface area contributed by atoms with Crippen molar-refractivity contribution in [3.8, 4) is 33.4 Å². The van der Waals surface area contributed by atoms with Crippen LogP contribution >= 0.6 is 0 Å². The zero-order chi connectivity index (χ0) is 37.8. The van der Waals surface area contributed by atoms with E-state index in [4.69, 9.17) is 0 Å². The summed E-state index contributed by atoms with van der Waals surface area (Å²) in [5.74, 6) is -1.07. The highest BCUT2D eigenvalue weighted by atomic mass is 16.4. The molecule has 4 aromatic carbocycles. The Labute approximate surface area is 317 Å². The van der Waals surface area contributed by atoms with Gasteiger partial charge in [0.2, 0.25) is 0 Å². The number of carboxylic acids is 1. The fourth-order valence-corrected chi connectivity index (χ4v) is 7.24. The number of aliphatic hydroxyl groups is 2. The largest absolute Gasteiger partial charge is 0.478 e. The highest BCUT2D eigenvalue weighted by Gasteiger charge is 2.40. The van der Waals surface area contributed by atoms with E-state index in [1.807, 2.05) is 91.0 Å². The summed E-state index contributed by atoms with van der Waals surface area (Å²) in [4.78, 5) is 31.0. The number of benzene rings is 4. The van der Waals surface area contributed by atoms with Gasteiger partial charge in [-0.3, -0.25) is 19.9 Å². The van der Waals surface area contributed by atoms with E-state index in [0.717, 1.165) is 0 Å². The molecular weight excluding hydrogens is 685 g/mol. The molecule has 8 aromatic rings. The summed E-state index contributed by atoms with van der Waals surface area (Å²) in [6.45, 7) is 0. The van der Waals surface area contributed by atoms with Gasteiger partial charge in [-0.25, -0.2) is 4.79 Å². The van der Waals surface area contributed by atoms with E-state index < -0.39 is 17.2 Å². The van der Waals surface area contributed by atoms with Crippen LogP contribution < -0.4 is 0 Å². The topological polar surface area (TPSA) is 129 Å². The van der Waals surface area contributed by atoms with Crippen LogP contribution in [-0.4, -0.2) is 41.2 Å². The molecule has 0 saturated heterocycles. The van der Waals surface area contributed by atoms with Gasteiger partial charge in [0.05, 0.1) is 28.3 Å². The molecule has 8 rings (SSSR count). The first-order chi connectivity index (χ1) is 26.9. The SMILES string of the molecule is O=C(O)c1ccccc1-c1cc(-c2ccccc2C(O)(c2ccccn2)c2ccccn2)cc(-c2ccccc2C(O)(c2ccccn2)c2ccccn2)c1. The second-order valence-corrected chi connectivity index (χ2v) is 13.0. The third kappa shape index (κ3) is 6.35. The second-order valence-electron chi connectivity index (χ2n) is 13.0. The zero-order valence-corrected chi connectivity index (χ0v) is 29.4. The molecule has 266 valence electrons. The van der Waals surface area contributed by atoms with Gasteiger partial charge in [-0.1, -0.05) is 91.0 Å². The molecule has 0 bridgehead atoms. The maximum atomic E-state index is 12.9. The Hall–Kier alpha value is -7.13. The lowest BCUT2D eigenvalue weighted by atomic mass is 9.79. The quantitative estimate of drug-likeness (QED) is 0.128. The van der Waals surface area contributed by atoms with Crippen LogP contribution in [0.2, 0.25) is 0 Å². The molecule has 4 heterocycles. The number of nitrogens with zero attached hydrogens (tertiary/aromatic N) is 4. The van der Waals surface area contributed by atoms with Gasteiger partial charge in [-0.15, -0.1) is 0 Å². The Balaban J connectivity index is 1.43.